The van der Waals surface area contributed by atoms with E-state index in [1.165, 1.54) is 6.92 Å². The van der Waals surface area contributed by atoms with E-state index in [1.807, 2.05) is 6.92 Å². The molecule has 3 heteroatoms. The van der Waals surface area contributed by atoms with Gasteiger partial charge < -0.3 is 5.32 Å². The molecule has 1 amide bonds. The summed E-state index contributed by atoms with van der Waals surface area (Å²) < 4.78 is 0. The van der Waals surface area contributed by atoms with Crippen molar-refractivity contribution in [3.8, 4) is 6.07 Å². The van der Waals surface area contributed by atoms with Gasteiger partial charge >= 0.3 is 0 Å². The molecule has 0 spiro atoms. The largest absolute Gasteiger partial charge is 0.326 e. The Hall–Kier alpha value is -1.82. The highest BCUT2D eigenvalue weighted by molar-refractivity contribution is 5.88. The fraction of sp³-hybridized carbons (Fsp3) is 0.200. The SMILES string of the molecule is CC(=O)Nc1ccc(C#N)c(C)c1. The highest BCUT2D eigenvalue weighted by Gasteiger charge is 1.99. The predicted molar refractivity (Wildman–Crippen MR) is 50.2 cm³/mol. The molecule has 0 unspecified atom stereocenters. The molecule has 0 aliphatic carbocycles. The second kappa shape index (κ2) is 3.72. The van der Waals surface area contributed by atoms with Crippen LogP contribution in [0, 0.1) is 18.3 Å². The summed E-state index contributed by atoms with van der Waals surface area (Å²) in [5.74, 6) is -0.107. The maximum absolute atomic E-state index is 10.7. The smallest absolute Gasteiger partial charge is 0.221 e. The number of anilines is 1. The molecule has 0 atom stereocenters. The number of nitriles is 1. The van der Waals surface area contributed by atoms with Crippen molar-refractivity contribution in [2.24, 2.45) is 0 Å². The quantitative estimate of drug-likeness (QED) is 0.706. The standard InChI is InChI=1S/C10H10N2O/c1-7-5-10(12-8(2)13)4-3-9(7)6-11/h3-5H,1-2H3,(H,12,13). The Bertz CT molecular complexity index is 377. The first-order valence-corrected chi connectivity index (χ1v) is 3.92. The lowest BCUT2D eigenvalue weighted by molar-refractivity contribution is -0.114. The van der Waals surface area contributed by atoms with E-state index >= 15 is 0 Å². The lowest BCUT2D eigenvalue weighted by atomic mass is 10.1. The first kappa shape index (κ1) is 9.27. The first-order valence-electron chi connectivity index (χ1n) is 3.92. The summed E-state index contributed by atoms with van der Waals surface area (Å²) in [5, 5.41) is 11.3. The highest BCUT2D eigenvalue weighted by Crippen LogP contribution is 2.13. The highest BCUT2D eigenvalue weighted by atomic mass is 16.1. The van der Waals surface area contributed by atoms with Crippen LogP contribution in [-0.4, -0.2) is 5.91 Å². The van der Waals surface area contributed by atoms with Crippen molar-refractivity contribution >= 4 is 11.6 Å². The third-order valence-electron chi connectivity index (χ3n) is 1.67. The predicted octanol–water partition coefficient (Wildman–Crippen LogP) is 1.83. The Kier molecular flexibility index (Phi) is 2.65. The Morgan fingerprint density at radius 1 is 1.54 bits per heavy atom. The van der Waals surface area contributed by atoms with Crippen molar-refractivity contribution in [1.82, 2.24) is 0 Å². The number of nitrogens with one attached hydrogen (secondary N) is 1. The Morgan fingerprint density at radius 2 is 2.23 bits per heavy atom. The Morgan fingerprint density at radius 3 is 2.69 bits per heavy atom. The van der Waals surface area contributed by atoms with Gasteiger partial charge in [0.15, 0.2) is 0 Å². The van der Waals surface area contributed by atoms with E-state index in [9.17, 15) is 4.79 Å². The molecule has 3 nitrogen and oxygen atoms in total. The minimum absolute atomic E-state index is 0.107. The van der Waals surface area contributed by atoms with Gasteiger partial charge in [0.1, 0.15) is 0 Å². The van der Waals surface area contributed by atoms with E-state index in [4.69, 9.17) is 5.26 Å². The van der Waals surface area contributed by atoms with Crippen LogP contribution in [0.25, 0.3) is 0 Å². The van der Waals surface area contributed by atoms with Gasteiger partial charge in [0.25, 0.3) is 0 Å². The van der Waals surface area contributed by atoms with E-state index in [1.54, 1.807) is 18.2 Å². The summed E-state index contributed by atoms with van der Waals surface area (Å²) in [7, 11) is 0. The van der Waals surface area contributed by atoms with Crippen LogP contribution >= 0.6 is 0 Å². The molecule has 0 radical (unpaired) electrons. The van der Waals surface area contributed by atoms with Gasteiger partial charge in [-0.1, -0.05) is 0 Å². The average molecular weight is 174 g/mol. The lowest BCUT2D eigenvalue weighted by Gasteiger charge is -2.03. The number of hydrogen-bond acceptors (Lipinski definition) is 2. The van der Waals surface area contributed by atoms with E-state index in [0.29, 0.717) is 5.56 Å². The molecular weight excluding hydrogens is 164 g/mol. The summed E-state index contributed by atoms with van der Waals surface area (Å²) in [5.41, 5.74) is 2.23. The van der Waals surface area contributed by atoms with Crippen molar-refractivity contribution in [3.05, 3.63) is 29.3 Å². The van der Waals surface area contributed by atoms with Crippen molar-refractivity contribution in [1.29, 1.82) is 5.26 Å². The van der Waals surface area contributed by atoms with Crippen LogP contribution in [0.5, 0.6) is 0 Å². The molecule has 0 aliphatic heterocycles. The van der Waals surface area contributed by atoms with Crippen molar-refractivity contribution in [3.63, 3.8) is 0 Å². The molecular formula is C10H10N2O. The van der Waals surface area contributed by atoms with Gasteiger partial charge in [0.2, 0.25) is 5.91 Å². The van der Waals surface area contributed by atoms with E-state index < -0.39 is 0 Å². The number of benzene rings is 1. The minimum Gasteiger partial charge on any atom is -0.326 e. The normalized spacial score (nSPS) is 9.00. The van der Waals surface area contributed by atoms with Gasteiger partial charge in [0, 0.05) is 12.6 Å². The monoisotopic (exact) mass is 174 g/mol. The molecule has 0 heterocycles. The number of carbonyl (C=O) groups is 1. The van der Waals surface area contributed by atoms with Gasteiger partial charge in [-0.2, -0.15) is 5.26 Å². The van der Waals surface area contributed by atoms with Gasteiger partial charge in [-0.05, 0) is 30.7 Å². The van der Waals surface area contributed by atoms with Crippen LogP contribution in [0.3, 0.4) is 0 Å². The third kappa shape index (κ3) is 2.31. The van der Waals surface area contributed by atoms with Crippen LogP contribution in [0.2, 0.25) is 0 Å². The molecule has 1 aromatic rings. The summed E-state index contributed by atoms with van der Waals surface area (Å²) in [4.78, 5) is 10.7. The van der Waals surface area contributed by atoms with Crippen molar-refractivity contribution in [2.45, 2.75) is 13.8 Å². The van der Waals surface area contributed by atoms with Crippen LogP contribution in [0.15, 0.2) is 18.2 Å². The molecule has 1 N–H and O–H groups in total. The third-order valence-corrected chi connectivity index (χ3v) is 1.67. The first-order chi connectivity index (χ1) is 6.13. The number of hydrogen-bond donors (Lipinski definition) is 1. The van der Waals surface area contributed by atoms with Crippen molar-refractivity contribution in [2.75, 3.05) is 5.32 Å². The molecule has 0 aliphatic rings. The zero-order valence-corrected chi connectivity index (χ0v) is 7.59. The second-order valence-electron chi connectivity index (χ2n) is 2.82. The molecule has 1 rings (SSSR count). The molecule has 66 valence electrons. The number of carbonyl (C=O) groups excluding carboxylic acids is 1. The summed E-state index contributed by atoms with van der Waals surface area (Å²) in [6.07, 6.45) is 0. The van der Waals surface area contributed by atoms with Crippen molar-refractivity contribution < 1.29 is 4.79 Å². The number of rotatable bonds is 1. The fourth-order valence-corrected chi connectivity index (χ4v) is 1.07. The maximum Gasteiger partial charge on any atom is 0.221 e. The number of aryl methyl sites for hydroxylation is 1. The number of nitrogens with zero attached hydrogens (tertiary/aromatic N) is 1. The second-order valence-corrected chi connectivity index (χ2v) is 2.82. The van der Waals surface area contributed by atoms with Crippen LogP contribution in [0.4, 0.5) is 5.69 Å². The molecule has 0 saturated heterocycles. The minimum atomic E-state index is -0.107. The maximum atomic E-state index is 10.7. The van der Waals surface area contributed by atoms with Gasteiger partial charge in [-0.25, -0.2) is 0 Å². The molecule has 0 fully saturated rings. The topological polar surface area (TPSA) is 52.9 Å². The molecule has 1 aromatic carbocycles. The zero-order valence-electron chi connectivity index (χ0n) is 7.59. The fourth-order valence-electron chi connectivity index (χ4n) is 1.07. The Balaban J connectivity index is 2.97. The lowest BCUT2D eigenvalue weighted by Crippen LogP contribution is -2.05. The molecule has 0 aromatic heterocycles. The van der Waals surface area contributed by atoms with E-state index in [0.717, 1.165) is 11.3 Å². The van der Waals surface area contributed by atoms with E-state index in [-0.39, 0.29) is 5.91 Å². The summed E-state index contributed by atoms with van der Waals surface area (Å²) in [6, 6.07) is 7.25. The summed E-state index contributed by atoms with van der Waals surface area (Å²) >= 11 is 0. The van der Waals surface area contributed by atoms with Crippen LogP contribution in [-0.2, 0) is 4.79 Å². The van der Waals surface area contributed by atoms with Gasteiger partial charge in [-0.15, -0.1) is 0 Å². The van der Waals surface area contributed by atoms with Crippen LogP contribution < -0.4 is 5.32 Å². The molecule has 0 saturated carbocycles. The zero-order chi connectivity index (χ0) is 9.84. The summed E-state index contributed by atoms with van der Waals surface area (Å²) in [6.45, 7) is 3.29. The van der Waals surface area contributed by atoms with Gasteiger partial charge in [-0.3, -0.25) is 4.79 Å². The average Bonchev–Trinajstić information content (AvgIpc) is 2.03. The van der Waals surface area contributed by atoms with Gasteiger partial charge in [0.05, 0.1) is 11.6 Å². The number of amides is 1. The molecule has 13 heavy (non-hydrogen) atoms. The molecule has 0 bridgehead atoms. The Labute approximate surface area is 77.0 Å². The van der Waals surface area contributed by atoms with Crippen LogP contribution in [0.1, 0.15) is 18.1 Å². The van der Waals surface area contributed by atoms with E-state index in [2.05, 4.69) is 11.4 Å².